The number of benzene rings is 1. The van der Waals surface area contributed by atoms with Crippen LogP contribution in [0.3, 0.4) is 0 Å². The minimum atomic E-state index is -0.652. The highest BCUT2D eigenvalue weighted by molar-refractivity contribution is 5.92. The summed E-state index contributed by atoms with van der Waals surface area (Å²) >= 11 is 0. The first-order valence-corrected chi connectivity index (χ1v) is 8.22. The number of ether oxygens (including phenoxy) is 3. The smallest absolute Gasteiger partial charge is 0.410 e. The number of hydrogen-bond donors (Lipinski definition) is 0. The van der Waals surface area contributed by atoms with Gasteiger partial charge in [0.2, 0.25) is 0 Å². The highest BCUT2D eigenvalue weighted by Crippen LogP contribution is 2.25. The molecule has 1 aliphatic rings. The molecule has 1 amide bonds. The van der Waals surface area contributed by atoms with Crippen molar-refractivity contribution in [2.24, 2.45) is 0 Å². The Hall–Kier alpha value is -2.31. The van der Waals surface area contributed by atoms with E-state index < -0.39 is 17.4 Å². The molecule has 0 radical (unpaired) electrons. The molecule has 0 spiro atoms. The van der Waals surface area contributed by atoms with Crippen molar-refractivity contribution >= 4 is 12.1 Å². The van der Waals surface area contributed by atoms with Gasteiger partial charge in [-0.05, 0) is 39.0 Å². The normalized spacial score (nSPS) is 15.6. The van der Waals surface area contributed by atoms with Gasteiger partial charge < -0.3 is 19.1 Å². The van der Waals surface area contributed by atoms with Gasteiger partial charge in [-0.2, -0.15) is 0 Å². The molecule has 138 valence electrons. The van der Waals surface area contributed by atoms with Crippen LogP contribution in [-0.4, -0.2) is 48.9 Å². The number of halogens is 1. The molecule has 0 aliphatic carbocycles. The molecule has 0 unspecified atom stereocenters. The molecule has 0 N–H and O–H groups in total. The Morgan fingerprint density at radius 1 is 1.20 bits per heavy atom. The van der Waals surface area contributed by atoms with E-state index in [1.165, 1.54) is 19.2 Å². The first-order chi connectivity index (χ1) is 11.7. The van der Waals surface area contributed by atoms with Gasteiger partial charge in [0.25, 0.3) is 0 Å². The SMILES string of the molecule is COC(=O)c1cc(F)ccc1OC1CCN(C(=O)OC(C)(C)C)CC1. The quantitative estimate of drug-likeness (QED) is 0.780. The summed E-state index contributed by atoms with van der Waals surface area (Å²) in [5.74, 6) is -0.905. The van der Waals surface area contributed by atoms with Crippen molar-refractivity contribution in [1.29, 1.82) is 0 Å². The van der Waals surface area contributed by atoms with Gasteiger partial charge in [-0.15, -0.1) is 0 Å². The maximum atomic E-state index is 13.4. The fourth-order valence-corrected chi connectivity index (χ4v) is 2.54. The molecule has 0 bridgehead atoms. The van der Waals surface area contributed by atoms with Crippen molar-refractivity contribution in [2.75, 3.05) is 20.2 Å². The minimum absolute atomic E-state index is 0.0528. The van der Waals surface area contributed by atoms with Crippen molar-refractivity contribution in [3.8, 4) is 5.75 Å². The lowest BCUT2D eigenvalue weighted by Gasteiger charge is -2.33. The van der Waals surface area contributed by atoms with Crippen LogP contribution in [0.25, 0.3) is 0 Å². The lowest BCUT2D eigenvalue weighted by Crippen LogP contribution is -2.44. The van der Waals surface area contributed by atoms with E-state index in [4.69, 9.17) is 9.47 Å². The van der Waals surface area contributed by atoms with Crippen LogP contribution in [0.2, 0.25) is 0 Å². The molecule has 1 aromatic rings. The van der Waals surface area contributed by atoms with E-state index in [-0.39, 0.29) is 23.5 Å². The number of amides is 1. The molecule has 2 rings (SSSR count). The predicted octanol–water partition coefficient (Wildman–Crippen LogP) is 3.39. The molecule has 7 heteroatoms. The zero-order valence-corrected chi connectivity index (χ0v) is 15.0. The molecular formula is C18H24FNO5. The molecule has 1 aromatic carbocycles. The van der Waals surface area contributed by atoms with E-state index in [1.807, 2.05) is 20.8 Å². The Labute approximate surface area is 146 Å². The molecule has 1 saturated heterocycles. The molecule has 25 heavy (non-hydrogen) atoms. The third-order valence-electron chi connectivity index (χ3n) is 3.73. The average Bonchev–Trinajstić information content (AvgIpc) is 2.54. The number of hydrogen-bond acceptors (Lipinski definition) is 5. The summed E-state index contributed by atoms with van der Waals surface area (Å²) in [6, 6.07) is 3.75. The average molecular weight is 353 g/mol. The van der Waals surface area contributed by atoms with Gasteiger partial charge >= 0.3 is 12.1 Å². The van der Waals surface area contributed by atoms with Crippen molar-refractivity contribution < 1.29 is 28.2 Å². The third kappa shape index (κ3) is 5.34. The monoisotopic (exact) mass is 353 g/mol. The Morgan fingerprint density at radius 2 is 1.84 bits per heavy atom. The third-order valence-corrected chi connectivity index (χ3v) is 3.73. The molecule has 1 fully saturated rings. The number of methoxy groups -OCH3 is 1. The standard InChI is InChI=1S/C18H24FNO5/c1-18(2,3)25-17(22)20-9-7-13(8-10-20)24-15-6-5-12(19)11-14(15)16(21)23-4/h5-6,11,13H,7-10H2,1-4H3. The highest BCUT2D eigenvalue weighted by Gasteiger charge is 2.28. The van der Waals surface area contributed by atoms with Crippen molar-refractivity contribution in [3.63, 3.8) is 0 Å². The summed E-state index contributed by atoms with van der Waals surface area (Å²) in [6.45, 7) is 6.46. The lowest BCUT2D eigenvalue weighted by molar-refractivity contribution is 0.0126. The summed E-state index contributed by atoms with van der Waals surface area (Å²) in [7, 11) is 1.23. The number of carbonyl (C=O) groups excluding carboxylic acids is 2. The zero-order valence-electron chi connectivity index (χ0n) is 15.0. The number of likely N-dealkylation sites (tertiary alicyclic amines) is 1. The predicted molar refractivity (Wildman–Crippen MR) is 89.2 cm³/mol. The first-order valence-electron chi connectivity index (χ1n) is 8.22. The molecule has 1 aliphatic heterocycles. The van der Waals surface area contributed by atoms with Gasteiger partial charge in [-0.25, -0.2) is 14.0 Å². The second-order valence-electron chi connectivity index (χ2n) is 6.92. The van der Waals surface area contributed by atoms with Crippen LogP contribution in [-0.2, 0) is 9.47 Å². The van der Waals surface area contributed by atoms with Crippen LogP contribution in [0.5, 0.6) is 5.75 Å². The van der Waals surface area contributed by atoms with Crippen LogP contribution in [0.1, 0.15) is 44.0 Å². The van der Waals surface area contributed by atoms with Crippen LogP contribution >= 0.6 is 0 Å². The summed E-state index contributed by atoms with van der Waals surface area (Å²) in [6.07, 6.45) is 0.671. The van der Waals surface area contributed by atoms with Crippen molar-refractivity contribution in [3.05, 3.63) is 29.6 Å². The number of rotatable bonds is 3. The van der Waals surface area contributed by atoms with E-state index >= 15 is 0 Å². The van der Waals surface area contributed by atoms with E-state index in [9.17, 15) is 14.0 Å². The molecular weight excluding hydrogens is 329 g/mol. The summed E-state index contributed by atoms with van der Waals surface area (Å²) in [5, 5.41) is 0. The van der Waals surface area contributed by atoms with E-state index in [2.05, 4.69) is 4.74 Å². The van der Waals surface area contributed by atoms with Gasteiger partial charge in [-0.3, -0.25) is 0 Å². The maximum Gasteiger partial charge on any atom is 0.410 e. The zero-order chi connectivity index (χ0) is 18.6. The van der Waals surface area contributed by atoms with E-state index in [0.717, 1.165) is 6.07 Å². The van der Waals surface area contributed by atoms with Crippen LogP contribution in [0, 0.1) is 5.82 Å². The van der Waals surface area contributed by atoms with Crippen LogP contribution in [0.15, 0.2) is 18.2 Å². The van der Waals surface area contributed by atoms with Gasteiger partial charge in [0.05, 0.1) is 7.11 Å². The number of nitrogens with zero attached hydrogens (tertiary/aromatic N) is 1. The van der Waals surface area contributed by atoms with Crippen molar-refractivity contribution in [1.82, 2.24) is 4.90 Å². The Kier molecular flexibility index (Phi) is 5.87. The number of carbonyl (C=O) groups is 2. The number of esters is 1. The second kappa shape index (κ2) is 7.72. The fourth-order valence-electron chi connectivity index (χ4n) is 2.54. The Bertz CT molecular complexity index is 633. The molecule has 0 aromatic heterocycles. The molecule has 6 nitrogen and oxygen atoms in total. The lowest BCUT2D eigenvalue weighted by atomic mass is 10.1. The topological polar surface area (TPSA) is 65.1 Å². The van der Waals surface area contributed by atoms with Gasteiger partial charge in [0.1, 0.15) is 28.8 Å². The van der Waals surface area contributed by atoms with E-state index in [1.54, 1.807) is 4.90 Å². The first kappa shape index (κ1) is 19.0. The largest absolute Gasteiger partial charge is 0.489 e. The van der Waals surface area contributed by atoms with Crippen LogP contribution in [0.4, 0.5) is 9.18 Å². The van der Waals surface area contributed by atoms with Crippen LogP contribution < -0.4 is 4.74 Å². The molecule has 1 heterocycles. The minimum Gasteiger partial charge on any atom is -0.489 e. The second-order valence-corrected chi connectivity index (χ2v) is 6.92. The Balaban J connectivity index is 1.97. The van der Waals surface area contributed by atoms with Gasteiger partial charge in [0, 0.05) is 25.9 Å². The number of piperidine rings is 1. The summed E-state index contributed by atoms with van der Waals surface area (Å²) in [5.41, 5.74) is -0.481. The Morgan fingerprint density at radius 3 is 2.40 bits per heavy atom. The van der Waals surface area contributed by atoms with Gasteiger partial charge in [-0.1, -0.05) is 0 Å². The molecule has 0 atom stereocenters. The molecule has 0 saturated carbocycles. The summed E-state index contributed by atoms with van der Waals surface area (Å²) < 4.78 is 29.2. The summed E-state index contributed by atoms with van der Waals surface area (Å²) in [4.78, 5) is 25.5. The van der Waals surface area contributed by atoms with Gasteiger partial charge in [0.15, 0.2) is 0 Å². The fraction of sp³-hybridized carbons (Fsp3) is 0.556. The van der Waals surface area contributed by atoms with Crippen molar-refractivity contribution in [2.45, 2.75) is 45.3 Å². The maximum absolute atomic E-state index is 13.4. The highest BCUT2D eigenvalue weighted by atomic mass is 19.1. The van der Waals surface area contributed by atoms with E-state index in [0.29, 0.717) is 25.9 Å².